The Hall–Kier alpha value is -3.55. The number of nitro groups is 1. The largest absolute Gasteiger partial charge is 0.319 e. The fourth-order valence-corrected chi connectivity index (χ4v) is 4.53. The highest BCUT2D eigenvalue weighted by atomic mass is 35.5. The van der Waals surface area contributed by atoms with E-state index in [1.54, 1.807) is 0 Å². The van der Waals surface area contributed by atoms with Gasteiger partial charge in [-0.2, -0.15) is 4.99 Å². The fourth-order valence-electron chi connectivity index (χ4n) is 3.20. The van der Waals surface area contributed by atoms with E-state index in [-0.39, 0.29) is 16.3 Å². The molecule has 0 fully saturated rings. The Labute approximate surface area is 186 Å². The van der Waals surface area contributed by atoms with Crippen LogP contribution in [0.5, 0.6) is 0 Å². The lowest BCUT2D eigenvalue weighted by Crippen LogP contribution is -2.14. The second-order valence-electron chi connectivity index (χ2n) is 6.69. The molecule has 0 N–H and O–H groups in total. The van der Waals surface area contributed by atoms with Crippen molar-refractivity contribution in [1.82, 2.24) is 4.57 Å². The number of aromatic nitrogens is 1. The zero-order chi connectivity index (χ0) is 22.0. The Morgan fingerprint density at radius 1 is 1.00 bits per heavy atom. The van der Waals surface area contributed by atoms with Gasteiger partial charge in [-0.1, -0.05) is 83.6 Å². The van der Waals surface area contributed by atoms with Gasteiger partial charge in [0.1, 0.15) is 5.02 Å². The third kappa shape index (κ3) is 4.19. The van der Waals surface area contributed by atoms with Crippen molar-refractivity contribution in [2.75, 3.05) is 0 Å². The number of carbonyl (C=O) groups is 1. The third-order valence-electron chi connectivity index (χ3n) is 4.70. The van der Waals surface area contributed by atoms with Crippen LogP contribution in [-0.2, 0) is 7.05 Å². The minimum absolute atomic E-state index is 0.0269. The molecule has 4 aromatic rings. The van der Waals surface area contributed by atoms with Crippen molar-refractivity contribution >= 4 is 34.5 Å². The van der Waals surface area contributed by atoms with Gasteiger partial charge in [0.15, 0.2) is 4.80 Å². The maximum Gasteiger partial charge on any atom is 0.288 e. The second-order valence-corrected chi connectivity index (χ2v) is 8.08. The Morgan fingerprint density at radius 2 is 1.61 bits per heavy atom. The highest BCUT2D eigenvalue weighted by Gasteiger charge is 2.18. The maximum absolute atomic E-state index is 12.8. The van der Waals surface area contributed by atoms with Gasteiger partial charge in [0.25, 0.3) is 11.6 Å². The molecule has 0 aliphatic rings. The zero-order valence-corrected chi connectivity index (χ0v) is 17.9. The van der Waals surface area contributed by atoms with Crippen LogP contribution in [0.4, 0.5) is 5.69 Å². The number of rotatable bonds is 4. The van der Waals surface area contributed by atoms with E-state index in [1.807, 2.05) is 72.3 Å². The predicted octanol–water partition coefficient (Wildman–Crippen LogP) is 5.72. The van der Waals surface area contributed by atoms with Gasteiger partial charge in [-0.05, 0) is 23.3 Å². The molecule has 0 saturated heterocycles. The third-order valence-corrected chi connectivity index (χ3v) is 6.20. The number of nitrogens with zero attached hydrogens (tertiary/aromatic N) is 3. The van der Waals surface area contributed by atoms with Gasteiger partial charge >= 0.3 is 0 Å². The highest BCUT2D eigenvalue weighted by Crippen LogP contribution is 2.34. The lowest BCUT2D eigenvalue weighted by atomic mass is 10.1. The minimum atomic E-state index is -0.620. The molecule has 1 amide bonds. The van der Waals surface area contributed by atoms with Crippen LogP contribution in [-0.4, -0.2) is 15.4 Å². The molecular weight excluding hydrogens is 434 g/mol. The molecule has 0 bridgehead atoms. The van der Waals surface area contributed by atoms with Crippen LogP contribution < -0.4 is 4.80 Å². The number of hydrogen-bond acceptors (Lipinski definition) is 4. The van der Waals surface area contributed by atoms with Crippen LogP contribution in [0.25, 0.3) is 21.7 Å². The van der Waals surface area contributed by atoms with E-state index in [4.69, 9.17) is 11.6 Å². The summed E-state index contributed by atoms with van der Waals surface area (Å²) in [6.07, 6.45) is 0. The lowest BCUT2D eigenvalue weighted by molar-refractivity contribution is -0.384. The molecule has 0 atom stereocenters. The van der Waals surface area contributed by atoms with Crippen molar-refractivity contribution in [3.8, 4) is 21.7 Å². The van der Waals surface area contributed by atoms with E-state index in [0.717, 1.165) is 27.8 Å². The summed E-state index contributed by atoms with van der Waals surface area (Å²) >= 11 is 7.24. The molecule has 154 valence electrons. The Bertz CT molecular complexity index is 1350. The van der Waals surface area contributed by atoms with Crippen LogP contribution in [0.3, 0.4) is 0 Å². The molecule has 0 unspecified atom stereocenters. The number of carbonyl (C=O) groups excluding carboxylic acids is 1. The van der Waals surface area contributed by atoms with E-state index in [2.05, 4.69) is 4.99 Å². The van der Waals surface area contributed by atoms with E-state index in [1.165, 1.54) is 23.5 Å². The van der Waals surface area contributed by atoms with Crippen molar-refractivity contribution in [3.05, 3.63) is 104 Å². The molecule has 1 heterocycles. The number of nitro benzene ring substituents is 1. The van der Waals surface area contributed by atoms with Crippen molar-refractivity contribution < 1.29 is 9.72 Å². The number of hydrogen-bond donors (Lipinski definition) is 0. The molecule has 3 aromatic carbocycles. The van der Waals surface area contributed by atoms with Crippen molar-refractivity contribution in [2.24, 2.45) is 12.0 Å². The van der Waals surface area contributed by atoms with Gasteiger partial charge in [0.05, 0.1) is 15.5 Å². The summed E-state index contributed by atoms with van der Waals surface area (Å²) in [7, 11) is 1.85. The van der Waals surface area contributed by atoms with E-state index >= 15 is 0 Å². The quantitative estimate of drug-likeness (QED) is 0.295. The first-order valence-electron chi connectivity index (χ1n) is 9.29. The number of benzene rings is 3. The first kappa shape index (κ1) is 20.7. The smallest absolute Gasteiger partial charge is 0.288 e. The molecule has 0 spiro atoms. The van der Waals surface area contributed by atoms with Crippen molar-refractivity contribution in [1.29, 1.82) is 0 Å². The van der Waals surface area contributed by atoms with Gasteiger partial charge in [-0.3, -0.25) is 14.9 Å². The molecule has 8 heteroatoms. The van der Waals surface area contributed by atoms with Crippen LogP contribution in [0.1, 0.15) is 10.4 Å². The second kappa shape index (κ2) is 8.67. The van der Waals surface area contributed by atoms with Gasteiger partial charge in [-0.25, -0.2) is 0 Å². The average molecular weight is 450 g/mol. The normalized spacial score (nSPS) is 11.5. The van der Waals surface area contributed by atoms with Gasteiger partial charge in [0, 0.05) is 18.7 Å². The minimum Gasteiger partial charge on any atom is -0.319 e. The lowest BCUT2D eigenvalue weighted by Gasteiger charge is -2.07. The van der Waals surface area contributed by atoms with E-state index in [0.29, 0.717) is 4.80 Å². The molecule has 1 aromatic heterocycles. The number of thiazole rings is 1. The molecule has 0 radical (unpaired) electrons. The first-order valence-corrected chi connectivity index (χ1v) is 10.5. The predicted molar refractivity (Wildman–Crippen MR) is 122 cm³/mol. The first-order chi connectivity index (χ1) is 15.0. The number of amides is 1. The van der Waals surface area contributed by atoms with Gasteiger partial charge in [-0.15, -0.1) is 0 Å². The summed E-state index contributed by atoms with van der Waals surface area (Å²) in [5, 5.41) is 11.1. The SMILES string of the molecule is Cn1c(-c2ccccc2)c(-c2ccccc2)sc1=NC(=O)c1ccc(Cl)c([N+](=O)[O-])c1. The molecule has 4 rings (SSSR count). The van der Waals surface area contributed by atoms with Gasteiger partial charge in [0.2, 0.25) is 0 Å². The van der Waals surface area contributed by atoms with Crippen LogP contribution in [0.2, 0.25) is 5.02 Å². The maximum atomic E-state index is 12.8. The molecule has 0 aliphatic heterocycles. The monoisotopic (exact) mass is 449 g/mol. The van der Waals surface area contributed by atoms with Crippen LogP contribution in [0, 0.1) is 10.1 Å². The number of halogens is 1. The summed E-state index contributed by atoms with van der Waals surface area (Å²) in [5.74, 6) is -0.573. The van der Waals surface area contributed by atoms with Crippen molar-refractivity contribution in [2.45, 2.75) is 0 Å². The molecular formula is C23H16ClN3O3S. The highest BCUT2D eigenvalue weighted by molar-refractivity contribution is 7.13. The summed E-state index contributed by atoms with van der Waals surface area (Å²) in [4.78, 5) is 29.1. The van der Waals surface area contributed by atoms with E-state index in [9.17, 15) is 14.9 Å². The summed E-state index contributed by atoms with van der Waals surface area (Å²) < 4.78 is 1.87. The Kier molecular flexibility index (Phi) is 5.79. The Balaban J connectivity index is 1.87. The molecule has 0 saturated carbocycles. The standard InChI is InChI=1S/C23H16ClN3O3S/c1-26-20(15-8-4-2-5-9-15)21(16-10-6-3-7-11-16)31-23(26)25-22(28)17-12-13-18(24)19(14-17)27(29)30/h2-14H,1H3. The molecule has 31 heavy (non-hydrogen) atoms. The molecule has 0 aliphatic carbocycles. The topological polar surface area (TPSA) is 77.5 Å². The summed E-state index contributed by atoms with van der Waals surface area (Å²) in [6.45, 7) is 0. The Morgan fingerprint density at radius 3 is 2.23 bits per heavy atom. The van der Waals surface area contributed by atoms with Crippen LogP contribution in [0.15, 0.2) is 83.9 Å². The summed E-state index contributed by atoms with van der Waals surface area (Å²) in [5.41, 5.74) is 2.72. The zero-order valence-electron chi connectivity index (χ0n) is 16.4. The van der Waals surface area contributed by atoms with Crippen LogP contribution >= 0.6 is 22.9 Å². The van der Waals surface area contributed by atoms with Gasteiger partial charge < -0.3 is 4.57 Å². The van der Waals surface area contributed by atoms with E-state index < -0.39 is 10.8 Å². The molecule has 6 nitrogen and oxygen atoms in total. The summed E-state index contributed by atoms with van der Waals surface area (Å²) in [6, 6.07) is 23.7. The average Bonchev–Trinajstić information content (AvgIpc) is 3.11. The van der Waals surface area contributed by atoms with Crippen molar-refractivity contribution in [3.63, 3.8) is 0 Å². The fraction of sp³-hybridized carbons (Fsp3) is 0.0435.